The number of rotatable bonds is 4. The van der Waals surface area contributed by atoms with Gasteiger partial charge in [0.05, 0.1) is 12.2 Å². The van der Waals surface area contributed by atoms with Crippen molar-refractivity contribution in [2.24, 2.45) is 5.92 Å². The Labute approximate surface area is 105 Å². The fourth-order valence-electron chi connectivity index (χ4n) is 2.16. The number of ether oxygens (including phenoxy) is 1. The first-order valence-corrected chi connectivity index (χ1v) is 5.86. The quantitative estimate of drug-likeness (QED) is 0.843. The Bertz CT molecular complexity index is 429. The monoisotopic (exact) mass is 252 g/mol. The highest BCUT2D eigenvalue weighted by Gasteiger charge is 2.42. The van der Waals surface area contributed by atoms with Crippen LogP contribution in [0.3, 0.4) is 0 Å². The van der Waals surface area contributed by atoms with E-state index < -0.39 is 18.2 Å². The zero-order chi connectivity index (χ0) is 13.1. The predicted octanol–water partition coefficient (Wildman–Crippen LogP) is 1.20. The third-order valence-corrected chi connectivity index (χ3v) is 2.91. The first kappa shape index (κ1) is 12.6. The number of amides is 2. The van der Waals surface area contributed by atoms with Crippen molar-refractivity contribution >= 4 is 11.8 Å². The van der Waals surface area contributed by atoms with Crippen molar-refractivity contribution in [3.05, 3.63) is 24.2 Å². The maximum atomic E-state index is 11.8. The van der Waals surface area contributed by atoms with E-state index in [9.17, 15) is 9.59 Å². The highest BCUT2D eigenvalue weighted by molar-refractivity contribution is 5.84. The molecule has 1 aliphatic rings. The zero-order valence-corrected chi connectivity index (χ0v) is 10.3. The van der Waals surface area contributed by atoms with Crippen LogP contribution in [-0.4, -0.2) is 24.6 Å². The van der Waals surface area contributed by atoms with Crippen LogP contribution in [-0.2, 0) is 9.53 Å². The molecule has 1 fully saturated rings. The van der Waals surface area contributed by atoms with Crippen LogP contribution in [0.25, 0.3) is 0 Å². The molecule has 98 valence electrons. The van der Waals surface area contributed by atoms with E-state index in [2.05, 4.69) is 10.6 Å². The van der Waals surface area contributed by atoms with Crippen LogP contribution >= 0.6 is 0 Å². The van der Waals surface area contributed by atoms with Crippen LogP contribution in [0.15, 0.2) is 22.8 Å². The molecule has 0 saturated carbocycles. The Morgan fingerprint density at radius 1 is 1.50 bits per heavy atom. The molecule has 2 rings (SSSR count). The Kier molecular flexibility index (Phi) is 3.66. The van der Waals surface area contributed by atoms with Crippen molar-refractivity contribution in [2.75, 3.05) is 6.61 Å². The molecule has 2 heterocycles. The van der Waals surface area contributed by atoms with Crippen molar-refractivity contribution in [1.82, 2.24) is 10.6 Å². The van der Waals surface area contributed by atoms with Crippen molar-refractivity contribution in [2.45, 2.75) is 26.1 Å². The van der Waals surface area contributed by atoms with Gasteiger partial charge in [0, 0.05) is 6.61 Å². The molecule has 0 aromatic carbocycles. The summed E-state index contributed by atoms with van der Waals surface area (Å²) in [6.45, 7) is 3.71. The first-order valence-electron chi connectivity index (χ1n) is 5.86. The summed E-state index contributed by atoms with van der Waals surface area (Å²) in [5.41, 5.74) is 0. The molecule has 1 saturated heterocycles. The Balaban J connectivity index is 2.29. The number of urea groups is 1. The van der Waals surface area contributed by atoms with E-state index in [1.165, 1.54) is 13.2 Å². The fraction of sp³-hybridized carbons (Fsp3) is 0.500. The second-order valence-electron chi connectivity index (χ2n) is 4.12. The van der Waals surface area contributed by atoms with Crippen LogP contribution in [0.1, 0.15) is 25.6 Å². The summed E-state index contributed by atoms with van der Waals surface area (Å²) < 4.78 is 10.7. The van der Waals surface area contributed by atoms with Gasteiger partial charge < -0.3 is 19.8 Å². The second kappa shape index (κ2) is 5.22. The van der Waals surface area contributed by atoms with Gasteiger partial charge in [0.2, 0.25) is 0 Å². The molecule has 6 nitrogen and oxygen atoms in total. The lowest BCUT2D eigenvalue weighted by molar-refractivity contribution is -0.129. The summed E-state index contributed by atoms with van der Waals surface area (Å²) in [5, 5.41) is 5.30. The molecule has 6 heteroatoms. The molecular weight excluding hydrogens is 236 g/mol. The van der Waals surface area contributed by atoms with Gasteiger partial charge in [0.25, 0.3) is 0 Å². The van der Waals surface area contributed by atoms with Gasteiger partial charge in [-0.1, -0.05) is 0 Å². The lowest BCUT2D eigenvalue weighted by Gasteiger charge is -2.36. The fourth-order valence-corrected chi connectivity index (χ4v) is 2.16. The van der Waals surface area contributed by atoms with Crippen LogP contribution in [0.5, 0.6) is 0 Å². The summed E-state index contributed by atoms with van der Waals surface area (Å²) >= 11 is 0. The number of carbonyl (C=O) groups excluding carboxylic acids is 2. The molecule has 2 N–H and O–H groups in total. The normalized spacial score (nSPS) is 27.4. The molecule has 2 amide bonds. The maximum Gasteiger partial charge on any atom is 0.317 e. The van der Waals surface area contributed by atoms with E-state index in [1.54, 1.807) is 12.1 Å². The second-order valence-corrected chi connectivity index (χ2v) is 4.12. The van der Waals surface area contributed by atoms with E-state index in [0.29, 0.717) is 12.4 Å². The predicted molar refractivity (Wildman–Crippen MR) is 62.7 cm³/mol. The molecule has 1 aromatic heterocycles. The van der Waals surface area contributed by atoms with Gasteiger partial charge in [0.15, 0.2) is 0 Å². The largest absolute Gasteiger partial charge is 0.467 e. The minimum Gasteiger partial charge on any atom is -0.467 e. The molecule has 1 aliphatic heterocycles. The third kappa shape index (κ3) is 2.38. The molecule has 0 spiro atoms. The topological polar surface area (TPSA) is 80.6 Å². The van der Waals surface area contributed by atoms with E-state index in [4.69, 9.17) is 9.15 Å². The van der Waals surface area contributed by atoms with Gasteiger partial charge >= 0.3 is 6.03 Å². The maximum absolute atomic E-state index is 11.8. The summed E-state index contributed by atoms with van der Waals surface area (Å²) in [7, 11) is 0. The lowest BCUT2D eigenvalue weighted by Crippen LogP contribution is -2.59. The molecule has 18 heavy (non-hydrogen) atoms. The zero-order valence-electron chi connectivity index (χ0n) is 10.3. The molecule has 3 atom stereocenters. The lowest BCUT2D eigenvalue weighted by atomic mass is 9.90. The summed E-state index contributed by atoms with van der Waals surface area (Å²) in [5.74, 6) is -0.0223. The average molecular weight is 252 g/mol. The van der Waals surface area contributed by atoms with Gasteiger partial charge in [-0.05, 0) is 26.0 Å². The highest BCUT2D eigenvalue weighted by atomic mass is 16.5. The van der Waals surface area contributed by atoms with E-state index in [0.717, 1.165) is 0 Å². The third-order valence-electron chi connectivity index (χ3n) is 2.91. The number of nitrogens with one attached hydrogen (secondary N) is 2. The molecule has 0 aliphatic carbocycles. The molecule has 1 aromatic rings. The standard InChI is InChI=1S/C12H16N2O4/c1-3-17-11-9(7(2)15)10(13-12(16)14-11)8-5-4-6-18-8/h4-6,9-11H,3H2,1-2H3,(H2,13,14,16). The van der Waals surface area contributed by atoms with Gasteiger partial charge in [-0.3, -0.25) is 4.79 Å². The van der Waals surface area contributed by atoms with Gasteiger partial charge in [-0.2, -0.15) is 0 Å². The molecular formula is C12H16N2O4. The minimum absolute atomic E-state index is 0.0673. The van der Waals surface area contributed by atoms with Gasteiger partial charge in [-0.25, -0.2) is 4.79 Å². The van der Waals surface area contributed by atoms with Gasteiger partial charge in [0.1, 0.15) is 23.8 Å². The molecule has 0 bridgehead atoms. The summed E-state index contributed by atoms with van der Waals surface area (Å²) in [4.78, 5) is 23.4. The SMILES string of the molecule is CCOC1NC(=O)NC(c2ccco2)C1C(C)=O. The van der Waals surface area contributed by atoms with Crippen molar-refractivity contribution in [3.63, 3.8) is 0 Å². The average Bonchev–Trinajstić information content (AvgIpc) is 2.81. The van der Waals surface area contributed by atoms with Crippen LogP contribution in [0, 0.1) is 5.92 Å². The summed E-state index contributed by atoms with van der Waals surface area (Å²) in [6, 6.07) is 2.58. The Morgan fingerprint density at radius 3 is 2.83 bits per heavy atom. The number of carbonyl (C=O) groups is 2. The smallest absolute Gasteiger partial charge is 0.317 e. The van der Waals surface area contributed by atoms with Crippen LogP contribution in [0.4, 0.5) is 4.79 Å². The number of Topliss-reactive ketones (excluding diaryl/α,β-unsaturated/α-hetero) is 1. The van der Waals surface area contributed by atoms with Crippen molar-refractivity contribution < 1.29 is 18.7 Å². The number of ketones is 1. The number of hydrogen-bond donors (Lipinski definition) is 2. The highest BCUT2D eigenvalue weighted by Crippen LogP contribution is 2.29. The van der Waals surface area contributed by atoms with E-state index in [1.807, 2.05) is 6.92 Å². The van der Waals surface area contributed by atoms with Crippen molar-refractivity contribution in [3.8, 4) is 0 Å². The summed E-state index contributed by atoms with van der Waals surface area (Å²) in [6.07, 6.45) is 0.882. The van der Waals surface area contributed by atoms with Crippen LogP contribution < -0.4 is 10.6 Å². The number of hydrogen-bond acceptors (Lipinski definition) is 4. The minimum atomic E-state index is -0.628. The Morgan fingerprint density at radius 2 is 2.28 bits per heavy atom. The van der Waals surface area contributed by atoms with Crippen molar-refractivity contribution in [1.29, 1.82) is 0 Å². The molecule has 0 radical (unpaired) electrons. The van der Waals surface area contributed by atoms with E-state index in [-0.39, 0.29) is 11.8 Å². The van der Waals surface area contributed by atoms with Gasteiger partial charge in [-0.15, -0.1) is 0 Å². The Hall–Kier alpha value is -1.82. The number of furan rings is 1. The van der Waals surface area contributed by atoms with Crippen LogP contribution in [0.2, 0.25) is 0 Å². The van der Waals surface area contributed by atoms with E-state index >= 15 is 0 Å². The first-order chi connectivity index (χ1) is 8.63. The molecule has 3 unspecified atom stereocenters.